The van der Waals surface area contributed by atoms with Crippen LogP contribution in [0.5, 0.6) is 0 Å². The van der Waals surface area contributed by atoms with Gasteiger partial charge in [0.2, 0.25) is 0 Å². The molecule has 1 aromatic heterocycles. The first-order valence-electron chi connectivity index (χ1n) is 4.86. The van der Waals surface area contributed by atoms with Crippen LogP contribution >= 0.6 is 0 Å². The number of nitrogens with zero attached hydrogens (tertiary/aromatic N) is 3. The number of hydrogen-bond acceptors (Lipinski definition) is 4. The van der Waals surface area contributed by atoms with Crippen LogP contribution in [0.1, 0.15) is 19.7 Å². The Kier molecular flexibility index (Phi) is 3.83. The third kappa shape index (κ3) is 2.96. The number of anilines is 1. The van der Waals surface area contributed by atoms with Gasteiger partial charge in [-0.05, 0) is 12.0 Å². The highest BCUT2D eigenvalue weighted by atomic mass is 15.2. The van der Waals surface area contributed by atoms with Crippen molar-refractivity contribution in [2.45, 2.75) is 20.4 Å². The van der Waals surface area contributed by atoms with Gasteiger partial charge in [-0.2, -0.15) is 0 Å². The molecule has 4 nitrogen and oxygen atoms in total. The molecule has 1 heterocycles. The van der Waals surface area contributed by atoms with Crippen LogP contribution in [0.4, 0.5) is 5.82 Å². The molecule has 2 N–H and O–H groups in total. The Labute approximate surface area is 85.2 Å². The van der Waals surface area contributed by atoms with Gasteiger partial charge in [-0.25, -0.2) is 9.97 Å². The topological polar surface area (TPSA) is 55.0 Å². The Hall–Kier alpha value is -1.16. The Morgan fingerprint density at radius 3 is 2.79 bits per heavy atom. The van der Waals surface area contributed by atoms with E-state index in [1.807, 2.05) is 13.1 Å². The smallest absolute Gasteiger partial charge is 0.144 e. The second-order valence-electron chi connectivity index (χ2n) is 3.81. The van der Waals surface area contributed by atoms with Crippen molar-refractivity contribution in [2.75, 3.05) is 18.5 Å². The zero-order chi connectivity index (χ0) is 10.6. The minimum absolute atomic E-state index is 0.392. The quantitative estimate of drug-likeness (QED) is 0.777. The van der Waals surface area contributed by atoms with Crippen LogP contribution in [0.2, 0.25) is 0 Å². The lowest BCUT2D eigenvalue weighted by Gasteiger charge is -2.20. The van der Waals surface area contributed by atoms with Crippen LogP contribution in [-0.4, -0.2) is 23.6 Å². The lowest BCUT2D eigenvalue weighted by atomic mass is 10.2. The first-order chi connectivity index (χ1) is 6.63. The van der Waals surface area contributed by atoms with E-state index in [9.17, 15) is 0 Å². The molecular weight excluding hydrogens is 176 g/mol. The average Bonchev–Trinajstić information content (AvgIpc) is 2.17. The summed E-state index contributed by atoms with van der Waals surface area (Å²) >= 11 is 0. The number of aromatic nitrogens is 2. The third-order valence-electron chi connectivity index (χ3n) is 1.90. The molecule has 0 atom stereocenters. The van der Waals surface area contributed by atoms with Crippen LogP contribution < -0.4 is 10.6 Å². The number of rotatable bonds is 4. The molecule has 0 fully saturated rings. The Bertz CT molecular complexity index is 285. The molecule has 14 heavy (non-hydrogen) atoms. The number of nitrogens with two attached hydrogens (primary N) is 1. The molecular formula is C10H18N4. The van der Waals surface area contributed by atoms with E-state index in [-0.39, 0.29) is 0 Å². The monoisotopic (exact) mass is 194 g/mol. The second kappa shape index (κ2) is 4.91. The fraction of sp³-hybridized carbons (Fsp3) is 0.600. The van der Waals surface area contributed by atoms with Gasteiger partial charge in [0, 0.05) is 19.8 Å². The van der Waals surface area contributed by atoms with E-state index in [1.54, 1.807) is 6.20 Å². The summed E-state index contributed by atoms with van der Waals surface area (Å²) in [5.74, 6) is 2.25. The zero-order valence-corrected chi connectivity index (χ0v) is 9.07. The van der Waals surface area contributed by atoms with Crippen LogP contribution in [0.3, 0.4) is 0 Å². The van der Waals surface area contributed by atoms with Crippen LogP contribution in [-0.2, 0) is 6.54 Å². The van der Waals surface area contributed by atoms with E-state index < -0.39 is 0 Å². The molecule has 0 bridgehead atoms. The van der Waals surface area contributed by atoms with Crippen LogP contribution in [0.25, 0.3) is 0 Å². The van der Waals surface area contributed by atoms with Crippen LogP contribution in [0.15, 0.2) is 12.3 Å². The summed E-state index contributed by atoms with van der Waals surface area (Å²) in [6, 6.07) is 1.90. The Morgan fingerprint density at radius 2 is 2.21 bits per heavy atom. The summed E-state index contributed by atoms with van der Waals surface area (Å²) in [5.41, 5.74) is 5.48. The highest BCUT2D eigenvalue weighted by Gasteiger charge is 2.05. The minimum Gasteiger partial charge on any atom is -0.359 e. The molecule has 0 saturated heterocycles. The maximum Gasteiger partial charge on any atom is 0.144 e. The summed E-state index contributed by atoms with van der Waals surface area (Å²) in [4.78, 5) is 10.5. The molecule has 78 valence electrons. The van der Waals surface area contributed by atoms with Crippen molar-refractivity contribution in [1.29, 1.82) is 0 Å². The summed E-state index contributed by atoms with van der Waals surface area (Å²) < 4.78 is 0. The highest BCUT2D eigenvalue weighted by Crippen LogP contribution is 2.09. The van der Waals surface area contributed by atoms with Crippen molar-refractivity contribution in [3.63, 3.8) is 0 Å². The SMILES string of the molecule is CC(C)CN(C)c1ccnc(CN)n1. The molecule has 0 aliphatic rings. The summed E-state index contributed by atoms with van der Waals surface area (Å²) in [6.07, 6.45) is 1.75. The molecule has 0 aliphatic carbocycles. The van der Waals surface area contributed by atoms with E-state index in [1.165, 1.54) is 0 Å². The van der Waals surface area contributed by atoms with Gasteiger partial charge in [0.15, 0.2) is 0 Å². The fourth-order valence-corrected chi connectivity index (χ4v) is 1.34. The van der Waals surface area contributed by atoms with E-state index in [0.29, 0.717) is 18.3 Å². The van der Waals surface area contributed by atoms with Gasteiger partial charge in [-0.15, -0.1) is 0 Å². The maximum absolute atomic E-state index is 5.48. The summed E-state index contributed by atoms with van der Waals surface area (Å²) in [5, 5.41) is 0. The first-order valence-corrected chi connectivity index (χ1v) is 4.86. The first kappa shape index (κ1) is 10.9. The molecule has 1 aromatic rings. The van der Waals surface area contributed by atoms with Crippen molar-refractivity contribution in [1.82, 2.24) is 9.97 Å². The lowest BCUT2D eigenvalue weighted by molar-refractivity contribution is 0.633. The van der Waals surface area contributed by atoms with Gasteiger partial charge in [0.05, 0.1) is 6.54 Å². The van der Waals surface area contributed by atoms with Gasteiger partial charge >= 0.3 is 0 Å². The number of hydrogen-bond donors (Lipinski definition) is 1. The van der Waals surface area contributed by atoms with Crippen molar-refractivity contribution >= 4 is 5.82 Å². The molecule has 0 radical (unpaired) electrons. The van der Waals surface area contributed by atoms with Crippen molar-refractivity contribution in [3.05, 3.63) is 18.1 Å². The van der Waals surface area contributed by atoms with Gasteiger partial charge < -0.3 is 10.6 Å². The molecule has 0 amide bonds. The van der Waals surface area contributed by atoms with Crippen molar-refractivity contribution in [2.24, 2.45) is 11.7 Å². The summed E-state index contributed by atoms with van der Waals surface area (Å²) in [7, 11) is 2.03. The van der Waals surface area contributed by atoms with Gasteiger partial charge in [0.25, 0.3) is 0 Å². The zero-order valence-electron chi connectivity index (χ0n) is 9.07. The van der Waals surface area contributed by atoms with Gasteiger partial charge in [0.1, 0.15) is 11.6 Å². The van der Waals surface area contributed by atoms with E-state index >= 15 is 0 Å². The molecule has 0 saturated carbocycles. The van der Waals surface area contributed by atoms with E-state index in [2.05, 4.69) is 28.7 Å². The molecule has 0 aliphatic heterocycles. The second-order valence-corrected chi connectivity index (χ2v) is 3.81. The molecule has 0 spiro atoms. The molecule has 0 unspecified atom stereocenters. The van der Waals surface area contributed by atoms with Crippen molar-refractivity contribution in [3.8, 4) is 0 Å². The lowest BCUT2D eigenvalue weighted by Crippen LogP contribution is -2.24. The molecule has 4 heteroatoms. The van der Waals surface area contributed by atoms with Crippen molar-refractivity contribution < 1.29 is 0 Å². The molecule has 0 aromatic carbocycles. The Morgan fingerprint density at radius 1 is 1.50 bits per heavy atom. The Balaban J connectivity index is 2.73. The standard InChI is InChI=1S/C10H18N4/c1-8(2)7-14(3)10-4-5-12-9(6-11)13-10/h4-5,8H,6-7,11H2,1-3H3. The van der Waals surface area contributed by atoms with Crippen LogP contribution in [0, 0.1) is 5.92 Å². The largest absolute Gasteiger partial charge is 0.359 e. The fourth-order valence-electron chi connectivity index (χ4n) is 1.34. The average molecular weight is 194 g/mol. The molecule has 1 rings (SSSR count). The predicted molar refractivity (Wildman–Crippen MR) is 58.0 cm³/mol. The summed E-state index contributed by atoms with van der Waals surface area (Å²) in [6.45, 7) is 5.74. The van der Waals surface area contributed by atoms with Gasteiger partial charge in [-0.3, -0.25) is 0 Å². The maximum atomic E-state index is 5.48. The third-order valence-corrected chi connectivity index (χ3v) is 1.90. The highest BCUT2D eigenvalue weighted by molar-refractivity contribution is 5.36. The van der Waals surface area contributed by atoms with E-state index in [4.69, 9.17) is 5.73 Å². The van der Waals surface area contributed by atoms with Gasteiger partial charge in [-0.1, -0.05) is 13.8 Å². The normalized spacial score (nSPS) is 10.6. The minimum atomic E-state index is 0.392. The predicted octanol–water partition coefficient (Wildman–Crippen LogP) is 1.03. The van der Waals surface area contributed by atoms with E-state index in [0.717, 1.165) is 12.4 Å².